The molecule has 1 aromatic carbocycles. The van der Waals surface area contributed by atoms with Gasteiger partial charge >= 0.3 is 0 Å². The standard InChI is InChI=1S/C17H17ClN2O5/c1-10(14-3-2-8-24-14)19-17(21)16-7-6-15(25-16)12-5-4-11(20(22)23)9-13(12)18/h4-7,9-10,14H,2-3,8H2,1H3,(H,19,21)/t10-,14+/m1/s1. The van der Waals surface area contributed by atoms with Gasteiger partial charge < -0.3 is 14.5 Å². The first-order chi connectivity index (χ1) is 12.0. The molecule has 1 aromatic heterocycles. The van der Waals surface area contributed by atoms with Crippen molar-refractivity contribution in [2.45, 2.75) is 31.9 Å². The number of halogens is 1. The Kier molecular flexibility index (Phi) is 5.06. The number of rotatable bonds is 5. The fraction of sp³-hybridized carbons (Fsp3) is 0.353. The maximum atomic E-state index is 12.3. The summed E-state index contributed by atoms with van der Waals surface area (Å²) in [5.74, 6) is 0.177. The van der Waals surface area contributed by atoms with Gasteiger partial charge in [0.15, 0.2) is 5.76 Å². The summed E-state index contributed by atoms with van der Waals surface area (Å²) in [5, 5.41) is 13.8. The van der Waals surface area contributed by atoms with Crippen molar-refractivity contribution in [2.24, 2.45) is 0 Å². The molecule has 0 aliphatic carbocycles. The molecule has 1 N–H and O–H groups in total. The van der Waals surface area contributed by atoms with Crippen molar-refractivity contribution in [1.82, 2.24) is 5.32 Å². The summed E-state index contributed by atoms with van der Waals surface area (Å²) in [7, 11) is 0. The molecule has 0 bridgehead atoms. The third-order valence-corrected chi connectivity index (χ3v) is 4.45. The summed E-state index contributed by atoms with van der Waals surface area (Å²) in [6, 6.07) is 7.12. The van der Waals surface area contributed by atoms with Crippen LogP contribution in [0.4, 0.5) is 5.69 Å². The van der Waals surface area contributed by atoms with Crippen molar-refractivity contribution >= 4 is 23.2 Å². The lowest BCUT2D eigenvalue weighted by atomic mass is 10.1. The first kappa shape index (κ1) is 17.4. The second kappa shape index (κ2) is 7.25. The zero-order valence-corrected chi connectivity index (χ0v) is 14.3. The van der Waals surface area contributed by atoms with Crippen LogP contribution in [0.5, 0.6) is 0 Å². The van der Waals surface area contributed by atoms with Gasteiger partial charge in [0.1, 0.15) is 5.76 Å². The zero-order chi connectivity index (χ0) is 18.0. The van der Waals surface area contributed by atoms with Crippen molar-refractivity contribution in [3.05, 3.63) is 51.2 Å². The first-order valence-corrected chi connectivity index (χ1v) is 8.30. The van der Waals surface area contributed by atoms with Gasteiger partial charge in [0.2, 0.25) is 0 Å². The number of nitrogens with zero attached hydrogens (tertiary/aromatic N) is 1. The number of nitrogens with one attached hydrogen (secondary N) is 1. The third kappa shape index (κ3) is 3.83. The molecular weight excluding hydrogens is 348 g/mol. The fourth-order valence-corrected chi connectivity index (χ4v) is 3.06. The Labute approximate surface area is 149 Å². The highest BCUT2D eigenvalue weighted by molar-refractivity contribution is 6.33. The molecular formula is C17H17ClN2O5. The largest absolute Gasteiger partial charge is 0.451 e. The van der Waals surface area contributed by atoms with Gasteiger partial charge in [-0.15, -0.1) is 0 Å². The van der Waals surface area contributed by atoms with Gasteiger partial charge in [0, 0.05) is 24.3 Å². The minimum absolute atomic E-state index is 0.0162. The maximum absolute atomic E-state index is 12.3. The molecule has 0 saturated carbocycles. The van der Waals surface area contributed by atoms with Crippen LogP contribution < -0.4 is 5.32 Å². The predicted molar refractivity (Wildman–Crippen MR) is 91.7 cm³/mol. The van der Waals surface area contributed by atoms with E-state index in [1.54, 1.807) is 12.1 Å². The summed E-state index contributed by atoms with van der Waals surface area (Å²) in [5.41, 5.74) is 0.377. The van der Waals surface area contributed by atoms with E-state index in [1.165, 1.54) is 18.2 Å². The summed E-state index contributed by atoms with van der Waals surface area (Å²) in [4.78, 5) is 22.5. The molecule has 2 atom stereocenters. The number of ether oxygens (including phenoxy) is 1. The van der Waals surface area contributed by atoms with Crippen molar-refractivity contribution in [2.75, 3.05) is 6.61 Å². The number of nitro groups is 1. The van der Waals surface area contributed by atoms with E-state index in [9.17, 15) is 14.9 Å². The molecule has 25 heavy (non-hydrogen) atoms. The molecule has 132 valence electrons. The van der Waals surface area contributed by atoms with Gasteiger partial charge in [-0.1, -0.05) is 11.6 Å². The SMILES string of the molecule is C[C@@H](NC(=O)c1ccc(-c2ccc([N+](=O)[O-])cc2Cl)o1)[C@@H]1CCCO1. The number of benzene rings is 1. The molecule has 1 aliphatic heterocycles. The molecule has 0 radical (unpaired) electrons. The summed E-state index contributed by atoms with van der Waals surface area (Å²) < 4.78 is 11.1. The maximum Gasteiger partial charge on any atom is 0.287 e. The molecule has 3 rings (SSSR count). The lowest BCUT2D eigenvalue weighted by molar-refractivity contribution is -0.384. The number of carbonyl (C=O) groups is 1. The highest BCUT2D eigenvalue weighted by Gasteiger charge is 2.25. The first-order valence-electron chi connectivity index (χ1n) is 7.92. The van der Waals surface area contributed by atoms with Crippen LogP contribution in [0.1, 0.15) is 30.3 Å². The molecule has 1 saturated heterocycles. The highest BCUT2D eigenvalue weighted by atomic mass is 35.5. The second-order valence-electron chi connectivity index (χ2n) is 5.90. The monoisotopic (exact) mass is 364 g/mol. The normalized spacial score (nSPS) is 18.1. The van der Waals surface area contributed by atoms with Crippen molar-refractivity contribution in [1.29, 1.82) is 0 Å². The van der Waals surface area contributed by atoms with Crippen LogP contribution in [0.15, 0.2) is 34.7 Å². The molecule has 8 heteroatoms. The van der Waals surface area contributed by atoms with Crippen LogP contribution in [-0.4, -0.2) is 29.6 Å². The Balaban J connectivity index is 1.73. The minimum atomic E-state index is -0.525. The van der Waals surface area contributed by atoms with Gasteiger partial charge in [-0.2, -0.15) is 0 Å². The van der Waals surface area contributed by atoms with E-state index in [0.717, 1.165) is 12.8 Å². The van der Waals surface area contributed by atoms with Crippen molar-refractivity contribution < 1.29 is 18.9 Å². The van der Waals surface area contributed by atoms with Crippen LogP contribution in [0, 0.1) is 10.1 Å². The summed E-state index contributed by atoms with van der Waals surface area (Å²) >= 11 is 6.09. The number of hydrogen-bond donors (Lipinski definition) is 1. The molecule has 1 aliphatic rings. The van der Waals surface area contributed by atoms with Gasteiger partial charge in [0.05, 0.1) is 22.1 Å². The number of non-ortho nitro benzene ring substituents is 1. The predicted octanol–water partition coefficient (Wildman–Crippen LogP) is 3.81. The van der Waals surface area contributed by atoms with Crippen molar-refractivity contribution in [3.63, 3.8) is 0 Å². The van der Waals surface area contributed by atoms with E-state index in [-0.39, 0.29) is 34.5 Å². The molecule has 2 aromatic rings. The summed E-state index contributed by atoms with van der Waals surface area (Å²) in [6.07, 6.45) is 1.93. The van der Waals surface area contributed by atoms with E-state index in [4.69, 9.17) is 20.8 Å². The Hall–Kier alpha value is -2.38. The quantitative estimate of drug-likeness (QED) is 0.643. The topological polar surface area (TPSA) is 94.6 Å². The van der Waals surface area contributed by atoms with E-state index < -0.39 is 4.92 Å². The molecule has 0 spiro atoms. The average Bonchev–Trinajstić information content (AvgIpc) is 3.26. The third-order valence-electron chi connectivity index (χ3n) is 4.14. The van der Waals surface area contributed by atoms with E-state index >= 15 is 0 Å². The zero-order valence-electron chi connectivity index (χ0n) is 13.5. The van der Waals surface area contributed by atoms with Gasteiger partial charge in [0.25, 0.3) is 11.6 Å². The van der Waals surface area contributed by atoms with Crippen LogP contribution in [0.3, 0.4) is 0 Å². The molecule has 1 amide bonds. The average molecular weight is 365 g/mol. The number of furan rings is 1. The van der Waals surface area contributed by atoms with Crippen LogP contribution >= 0.6 is 11.6 Å². The second-order valence-corrected chi connectivity index (χ2v) is 6.31. The highest BCUT2D eigenvalue weighted by Crippen LogP contribution is 2.32. The number of nitro benzene ring substituents is 1. The Bertz CT molecular complexity index is 798. The Morgan fingerprint density at radius 1 is 1.40 bits per heavy atom. The van der Waals surface area contributed by atoms with Crippen molar-refractivity contribution in [3.8, 4) is 11.3 Å². The lowest BCUT2D eigenvalue weighted by Gasteiger charge is -2.19. The Morgan fingerprint density at radius 3 is 2.84 bits per heavy atom. The van der Waals surface area contributed by atoms with Crippen LogP contribution in [-0.2, 0) is 4.74 Å². The summed E-state index contributed by atoms with van der Waals surface area (Å²) in [6.45, 7) is 2.61. The minimum Gasteiger partial charge on any atom is -0.451 e. The Morgan fingerprint density at radius 2 is 2.20 bits per heavy atom. The van der Waals surface area contributed by atoms with E-state index in [1.807, 2.05) is 6.92 Å². The van der Waals surface area contributed by atoms with Gasteiger partial charge in [-0.05, 0) is 38.0 Å². The molecule has 7 nitrogen and oxygen atoms in total. The number of carbonyl (C=O) groups excluding carboxylic acids is 1. The van der Waals surface area contributed by atoms with E-state index in [0.29, 0.717) is 17.9 Å². The van der Waals surface area contributed by atoms with Gasteiger partial charge in [-0.25, -0.2) is 0 Å². The number of hydrogen-bond acceptors (Lipinski definition) is 5. The van der Waals surface area contributed by atoms with E-state index in [2.05, 4.69) is 5.32 Å². The molecule has 2 heterocycles. The lowest BCUT2D eigenvalue weighted by Crippen LogP contribution is -2.40. The molecule has 0 unspecified atom stereocenters. The smallest absolute Gasteiger partial charge is 0.287 e. The van der Waals surface area contributed by atoms with Crippen LogP contribution in [0.25, 0.3) is 11.3 Å². The number of amides is 1. The molecule has 1 fully saturated rings. The van der Waals surface area contributed by atoms with Crippen LogP contribution in [0.2, 0.25) is 5.02 Å². The van der Waals surface area contributed by atoms with Gasteiger partial charge in [-0.3, -0.25) is 14.9 Å². The fourth-order valence-electron chi connectivity index (χ4n) is 2.79.